The number of anilines is 2. The zero-order valence-electron chi connectivity index (χ0n) is 16.9. The SMILES string of the molecule is CCC[C@H]1C(=O)N(Cc2ccc3c(N)ncnc3c2)CCN1C(=O)Nc1ncc(Cl)s1. The van der Waals surface area contributed by atoms with Gasteiger partial charge in [-0.2, -0.15) is 0 Å². The van der Waals surface area contributed by atoms with Gasteiger partial charge in [0.2, 0.25) is 5.91 Å². The van der Waals surface area contributed by atoms with Crippen LogP contribution in [0.25, 0.3) is 10.9 Å². The van der Waals surface area contributed by atoms with Crippen LogP contribution in [-0.2, 0) is 11.3 Å². The summed E-state index contributed by atoms with van der Waals surface area (Å²) in [6.45, 7) is 3.31. The minimum absolute atomic E-state index is 0.0669. The summed E-state index contributed by atoms with van der Waals surface area (Å²) in [5.74, 6) is 0.361. The lowest BCUT2D eigenvalue weighted by atomic mass is 10.0. The van der Waals surface area contributed by atoms with Crippen LogP contribution in [0.4, 0.5) is 15.7 Å². The molecule has 1 saturated heterocycles. The van der Waals surface area contributed by atoms with Crippen LogP contribution in [0.1, 0.15) is 25.3 Å². The average Bonchev–Trinajstić information content (AvgIpc) is 3.15. The van der Waals surface area contributed by atoms with Gasteiger partial charge in [-0.25, -0.2) is 19.7 Å². The number of rotatable bonds is 5. The van der Waals surface area contributed by atoms with Crippen LogP contribution in [0.2, 0.25) is 4.34 Å². The lowest BCUT2D eigenvalue weighted by molar-refractivity contribution is -0.140. The fourth-order valence-electron chi connectivity index (χ4n) is 3.71. The van der Waals surface area contributed by atoms with Crippen LogP contribution in [0.5, 0.6) is 0 Å². The third kappa shape index (κ3) is 4.54. The lowest BCUT2D eigenvalue weighted by Gasteiger charge is -2.40. The number of fused-ring (bicyclic) bond motifs is 1. The van der Waals surface area contributed by atoms with Crippen LogP contribution >= 0.6 is 22.9 Å². The molecule has 0 spiro atoms. The van der Waals surface area contributed by atoms with E-state index in [-0.39, 0.29) is 11.9 Å². The van der Waals surface area contributed by atoms with Gasteiger partial charge in [0.1, 0.15) is 22.5 Å². The molecule has 3 heterocycles. The molecule has 1 atom stereocenters. The number of piperazine rings is 1. The minimum Gasteiger partial charge on any atom is -0.383 e. The normalized spacial score (nSPS) is 16.7. The number of nitrogens with two attached hydrogens (primary N) is 1. The molecule has 11 heteroatoms. The number of urea groups is 1. The molecule has 3 aromatic rings. The number of amides is 3. The molecule has 9 nitrogen and oxygen atoms in total. The van der Waals surface area contributed by atoms with Crippen molar-refractivity contribution < 1.29 is 9.59 Å². The molecular formula is C20H22ClN7O2S. The van der Waals surface area contributed by atoms with Crippen LogP contribution in [0.15, 0.2) is 30.7 Å². The van der Waals surface area contributed by atoms with Gasteiger partial charge in [0.15, 0.2) is 5.13 Å². The molecule has 0 unspecified atom stereocenters. The Morgan fingerprint density at radius 2 is 2.16 bits per heavy atom. The number of halogens is 1. The van der Waals surface area contributed by atoms with Crippen molar-refractivity contribution in [1.29, 1.82) is 0 Å². The van der Waals surface area contributed by atoms with Gasteiger partial charge in [0, 0.05) is 25.0 Å². The second kappa shape index (κ2) is 9.03. The monoisotopic (exact) mass is 459 g/mol. The van der Waals surface area contributed by atoms with E-state index < -0.39 is 6.04 Å². The van der Waals surface area contributed by atoms with Crippen molar-refractivity contribution in [2.24, 2.45) is 0 Å². The summed E-state index contributed by atoms with van der Waals surface area (Å²) in [6.07, 6.45) is 4.28. The van der Waals surface area contributed by atoms with Crippen molar-refractivity contribution >= 4 is 56.7 Å². The van der Waals surface area contributed by atoms with E-state index in [1.165, 1.54) is 23.9 Å². The highest BCUT2D eigenvalue weighted by Crippen LogP contribution is 2.25. The molecular weight excluding hydrogens is 438 g/mol. The molecule has 1 fully saturated rings. The van der Waals surface area contributed by atoms with Crippen molar-refractivity contribution in [2.45, 2.75) is 32.4 Å². The number of hydrogen-bond donors (Lipinski definition) is 2. The van der Waals surface area contributed by atoms with E-state index in [0.29, 0.717) is 41.3 Å². The first-order valence-corrected chi connectivity index (χ1v) is 11.1. The fourth-order valence-corrected chi connectivity index (χ4v) is 4.51. The summed E-state index contributed by atoms with van der Waals surface area (Å²) in [4.78, 5) is 41.7. The van der Waals surface area contributed by atoms with Gasteiger partial charge < -0.3 is 15.5 Å². The lowest BCUT2D eigenvalue weighted by Crippen LogP contribution is -2.59. The van der Waals surface area contributed by atoms with E-state index in [0.717, 1.165) is 22.9 Å². The topological polar surface area (TPSA) is 117 Å². The second-order valence-corrected chi connectivity index (χ2v) is 8.93. The molecule has 1 aliphatic rings. The highest BCUT2D eigenvalue weighted by Gasteiger charge is 2.37. The van der Waals surface area contributed by atoms with Crippen LogP contribution in [0.3, 0.4) is 0 Å². The van der Waals surface area contributed by atoms with E-state index in [1.54, 1.807) is 9.80 Å². The van der Waals surface area contributed by atoms with Gasteiger partial charge in [-0.15, -0.1) is 0 Å². The Morgan fingerprint density at radius 1 is 1.32 bits per heavy atom. The highest BCUT2D eigenvalue weighted by atomic mass is 35.5. The standard InChI is InChI=1S/C20H22ClN7O2S/c1-2-3-15-18(29)27(6-7-28(15)20(30)26-19-23-9-16(21)31-19)10-12-4-5-13-14(8-12)24-11-25-17(13)22/h4-5,8-9,11,15H,2-3,6-7,10H2,1H3,(H2,22,24,25)(H,23,26,30)/t15-/m0/s1. The van der Waals surface area contributed by atoms with Gasteiger partial charge in [0.05, 0.1) is 11.7 Å². The van der Waals surface area contributed by atoms with Gasteiger partial charge >= 0.3 is 6.03 Å². The Balaban J connectivity index is 1.49. The molecule has 0 bridgehead atoms. The van der Waals surface area contributed by atoms with Crippen LogP contribution in [-0.4, -0.2) is 55.8 Å². The smallest absolute Gasteiger partial charge is 0.324 e. The Kier molecular flexibility index (Phi) is 6.19. The molecule has 0 saturated carbocycles. The first kappa shape index (κ1) is 21.3. The molecule has 3 N–H and O–H groups in total. The third-order valence-electron chi connectivity index (χ3n) is 5.20. The molecule has 3 amide bonds. The summed E-state index contributed by atoms with van der Waals surface area (Å²) >= 11 is 7.07. The zero-order chi connectivity index (χ0) is 22.0. The number of nitrogens with one attached hydrogen (secondary N) is 1. The average molecular weight is 460 g/mol. The maximum atomic E-state index is 13.2. The van der Waals surface area contributed by atoms with E-state index >= 15 is 0 Å². The number of thiazole rings is 1. The highest BCUT2D eigenvalue weighted by molar-refractivity contribution is 7.19. The fraction of sp³-hybridized carbons (Fsp3) is 0.350. The van der Waals surface area contributed by atoms with Crippen molar-refractivity contribution in [3.8, 4) is 0 Å². The maximum absolute atomic E-state index is 13.2. The van der Waals surface area contributed by atoms with Gasteiger partial charge in [-0.1, -0.05) is 42.3 Å². The number of nitrogen functional groups attached to an aromatic ring is 1. The maximum Gasteiger partial charge on any atom is 0.324 e. The first-order valence-electron chi connectivity index (χ1n) is 9.93. The number of aromatic nitrogens is 3. The quantitative estimate of drug-likeness (QED) is 0.604. The first-order chi connectivity index (χ1) is 15.0. The largest absolute Gasteiger partial charge is 0.383 e. The summed E-state index contributed by atoms with van der Waals surface area (Å²) in [6, 6.07) is 4.86. The second-order valence-electron chi connectivity index (χ2n) is 7.27. The number of nitrogens with zero attached hydrogens (tertiary/aromatic N) is 5. The van der Waals surface area contributed by atoms with Crippen molar-refractivity contribution in [3.05, 3.63) is 40.6 Å². The summed E-state index contributed by atoms with van der Waals surface area (Å²) in [5, 5.41) is 3.94. The van der Waals surface area contributed by atoms with Gasteiger partial charge in [0.25, 0.3) is 0 Å². The molecule has 1 aliphatic heterocycles. The van der Waals surface area contributed by atoms with Crippen molar-refractivity contribution in [2.75, 3.05) is 24.1 Å². The molecule has 31 heavy (non-hydrogen) atoms. The van der Waals surface area contributed by atoms with Crippen LogP contribution in [0, 0.1) is 0 Å². The van der Waals surface area contributed by atoms with Crippen molar-refractivity contribution in [1.82, 2.24) is 24.8 Å². The molecule has 0 radical (unpaired) electrons. The molecule has 4 rings (SSSR count). The molecule has 2 aromatic heterocycles. The predicted molar refractivity (Wildman–Crippen MR) is 121 cm³/mol. The number of hydrogen-bond acceptors (Lipinski definition) is 7. The van der Waals surface area contributed by atoms with E-state index in [2.05, 4.69) is 20.3 Å². The Hall–Kier alpha value is -2.98. The summed E-state index contributed by atoms with van der Waals surface area (Å²) in [5.41, 5.74) is 7.58. The summed E-state index contributed by atoms with van der Waals surface area (Å²) < 4.78 is 0.490. The van der Waals surface area contributed by atoms with E-state index in [9.17, 15) is 9.59 Å². The Labute approximate surface area is 188 Å². The number of carbonyl (C=O) groups is 2. The minimum atomic E-state index is -0.521. The van der Waals surface area contributed by atoms with E-state index in [1.807, 2.05) is 25.1 Å². The summed E-state index contributed by atoms with van der Waals surface area (Å²) in [7, 11) is 0. The van der Waals surface area contributed by atoms with Crippen molar-refractivity contribution in [3.63, 3.8) is 0 Å². The van der Waals surface area contributed by atoms with Gasteiger partial charge in [-0.3, -0.25) is 10.1 Å². The molecule has 1 aromatic carbocycles. The number of carbonyl (C=O) groups excluding carboxylic acids is 2. The molecule has 0 aliphatic carbocycles. The van der Waals surface area contributed by atoms with Gasteiger partial charge in [-0.05, 0) is 24.1 Å². The van der Waals surface area contributed by atoms with E-state index in [4.69, 9.17) is 17.3 Å². The Bertz CT molecular complexity index is 1120. The van der Waals surface area contributed by atoms with Crippen LogP contribution < -0.4 is 11.1 Å². The Morgan fingerprint density at radius 3 is 2.90 bits per heavy atom. The molecule has 162 valence electrons. The third-order valence-corrected chi connectivity index (χ3v) is 6.23. The number of benzene rings is 1. The predicted octanol–water partition coefficient (Wildman–Crippen LogP) is 3.37. The zero-order valence-corrected chi connectivity index (χ0v) is 18.5.